The molecule has 0 heterocycles. The number of halogens is 1. The monoisotopic (exact) mass is 279 g/mol. The molecule has 0 bridgehead atoms. The van der Waals surface area contributed by atoms with Crippen molar-refractivity contribution in [1.82, 2.24) is 0 Å². The van der Waals surface area contributed by atoms with Gasteiger partial charge in [0.05, 0.1) is 26.7 Å². The fourth-order valence-electron chi connectivity index (χ4n) is 1.83. The molecule has 0 fully saturated rings. The second-order valence-electron chi connectivity index (χ2n) is 4.07. The lowest BCUT2D eigenvalue weighted by molar-refractivity contribution is -0.145. The van der Waals surface area contributed by atoms with Crippen LogP contribution in [0.3, 0.4) is 0 Å². The van der Waals surface area contributed by atoms with Crippen molar-refractivity contribution in [3.05, 3.63) is 35.6 Å². The number of esters is 2. The van der Waals surface area contributed by atoms with Gasteiger partial charge in [0.15, 0.2) is 5.92 Å². The van der Waals surface area contributed by atoms with Gasteiger partial charge in [-0.1, -0.05) is 12.1 Å². The van der Waals surface area contributed by atoms with Crippen LogP contribution < -0.4 is 0 Å². The molecule has 0 spiro atoms. The average Bonchev–Trinajstić information content (AvgIpc) is 2.47. The molecule has 1 rings (SSSR count). The van der Waals surface area contributed by atoms with Crippen LogP contribution in [0.1, 0.15) is 17.9 Å². The van der Waals surface area contributed by atoms with Gasteiger partial charge in [0.1, 0.15) is 5.82 Å². The second-order valence-corrected chi connectivity index (χ2v) is 4.07. The van der Waals surface area contributed by atoms with Crippen molar-refractivity contribution in [1.29, 1.82) is 5.26 Å². The molecule has 5 nitrogen and oxygen atoms in total. The largest absolute Gasteiger partial charge is 0.469 e. The number of carbonyl (C=O) groups is 2. The smallest absolute Gasteiger partial charge is 0.323 e. The Balaban J connectivity index is 3.13. The Morgan fingerprint density at radius 3 is 2.30 bits per heavy atom. The second kappa shape index (κ2) is 7.24. The van der Waals surface area contributed by atoms with E-state index in [-0.39, 0.29) is 6.42 Å². The Kier molecular flexibility index (Phi) is 5.66. The highest BCUT2D eigenvalue weighted by atomic mass is 19.1. The van der Waals surface area contributed by atoms with Crippen LogP contribution in [-0.2, 0) is 19.1 Å². The quantitative estimate of drug-likeness (QED) is 0.768. The predicted molar refractivity (Wildman–Crippen MR) is 66.9 cm³/mol. The molecule has 0 aliphatic carbocycles. The topological polar surface area (TPSA) is 76.4 Å². The first kappa shape index (κ1) is 15.6. The summed E-state index contributed by atoms with van der Waals surface area (Å²) in [5.41, 5.74) is 0.494. The fourth-order valence-corrected chi connectivity index (χ4v) is 1.83. The van der Waals surface area contributed by atoms with Crippen LogP contribution in [0, 0.1) is 23.1 Å². The van der Waals surface area contributed by atoms with Gasteiger partial charge in [-0.25, -0.2) is 4.39 Å². The maximum Gasteiger partial charge on any atom is 0.323 e. The van der Waals surface area contributed by atoms with Crippen LogP contribution in [0.5, 0.6) is 0 Å². The highest BCUT2D eigenvalue weighted by molar-refractivity contribution is 5.78. The predicted octanol–water partition coefficient (Wildman–Crippen LogP) is 1.79. The van der Waals surface area contributed by atoms with E-state index in [1.807, 2.05) is 6.07 Å². The van der Waals surface area contributed by atoms with E-state index in [1.54, 1.807) is 0 Å². The summed E-state index contributed by atoms with van der Waals surface area (Å²) >= 11 is 0. The minimum Gasteiger partial charge on any atom is -0.469 e. The lowest BCUT2D eigenvalue weighted by atomic mass is 9.84. The molecule has 0 aliphatic heterocycles. The molecule has 2 atom stereocenters. The summed E-state index contributed by atoms with van der Waals surface area (Å²) in [6.45, 7) is 0. The van der Waals surface area contributed by atoms with Crippen molar-refractivity contribution in [2.24, 2.45) is 5.92 Å². The Morgan fingerprint density at radius 1 is 1.25 bits per heavy atom. The van der Waals surface area contributed by atoms with E-state index in [0.717, 1.165) is 7.11 Å². The number of ether oxygens (including phenoxy) is 2. The maximum atomic E-state index is 12.9. The number of methoxy groups -OCH3 is 2. The molecule has 0 saturated heterocycles. The Bertz CT molecular complexity index is 521. The highest BCUT2D eigenvalue weighted by Gasteiger charge is 2.32. The third-order valence-electron chi connectivity index (χ3n) is 2.91. The van der Waals surface area contributed by atoms with Gasteiger partial charge in [-0.3, -0.25) is 9.59 Å². The van der Waals surface area contributed by atoms with Gasteiger partial charge in [-0.2, -0.15) is 5.26 Å². The Hall–Kier alpha value is -2.42. The average molecular weight is 279 g/mol. The number of nitrogens with zero attached hydrogens (tertiary/aromatic N) is 1. The minimum atomic E-state index is -1.16. The van der Waals surface area contributed by atoms with Crippen LogP contribution in [-0.4, -0.2) is 26.2 Å². The molecule has 0 radical (unpaired) electrons. The van der Waals surface area contributed by atoms with Crippen molar-refractivity contribution in [3.63, 3.8) is 0 Å². The van der Waals surface area contributed by atoms with Crippen LogP contribution in [0.4, 0.5) is 4.39 Å². The Morgan fingerprint density at radius 2 is 1.85 bits per heavy atom. The van der Waals surface area contributed by atoms with E-state index < -0.39 is 29.6 Å². The first-order valence-corrected chi connectivity index (χ1v) is 5.83. The van der Waals surface area contributed by atoms with Crippen LogP contribution in [0.15, 0.2) is 24.3 Å². The Labute approximate surface area is 115 Å². The summed E-state index contributed by atoms with van der Waals surface area (Å²) in [7, 11) is 2.37. The molecule has 0 amide bonds. The first-order valence-electron chi connectivity index (χ1n) is 5.83. The molecular weight excluding hydrogens is 265 g/mol. The summed E-state index contributed by atoms with van der Waals surface area (Å²) in [6.07, 6.45) is -0.171. The third kappa shape index (κ3) is 3.79. The molecule has 1 aromatic rings. The molecule has 0 N–H and O–H groups in total. The van der Waals surface area contributed by atoms with E-state index in [0.29, 0.717) is 5.56 Å². The van der Waals surface area contributed by atoms with Crippen molar-refractivity contribution >= 4 is 11.9 Å². The van der Waals surface area contributed by atoms with Crippen LogP contribution in [0.25, 0.3) is 0 Å². The highest BCUT2D eigenvalue weighted by Crippen LogP contribution is 2.29. The SMILES string of the molecule is COC(=O)C[C@H](c1ccc(F)cc1)[C@@H](C#N)C(=O)OC. The van der Waals surface area contributed by atoms with Gasteiger partial charge in [0.2, 0.25) is 0 Å². The van der Waals surface area contributed by atoms with E-state index in [1.165, 1.54) is 31.4 Å². The van der Waals surface area contributed by atoms with E-state index >= 15 is 0 Å². The van der Waals surface area contributed by atoms with Crippen LogP contribution >= 0.6 is 0 Å². The zero-order chi connectivity index (χ0) is 15.1. The number of nitriles is 1. The molecule has 0 aromatic heterocycles. The minimum absolute atomic E-state index is 0.171. The maximum absolute atomic E-state index is 12.9. The molecule has 0 aliphatic rings. The molecule has 0 unspecified atom stereocenters. The van der Waals surface area contributed by atoms with E-state index in [9.17, 15) is 14.0 Å². The zero-order valence-corrected chi connectivity index (χ0v) is 11.1. The van der Waals surface area contributed by atoms with Gasteiger partial charge in [0.25, 0.3) is 0 Å². The normalized spacial score (nSPS) is 12.9. The van der Waals surface area contributed by atoms with Crippen molar-refractivity contribution in [3.8, 4) is 6.07 Å². The summed E-state index contributed by atoms with van der Waals surface area (Å²) in [4.78, 5) is 23.1. The van der Waals surface area contributed by atoms with Crippen LogP contribution in [0.2, 0.25) is 0 Å². The fraction of sp³-hybridized carbons (Fsp3) is 0.357. The summed E-state index contributed by atoms with van der Waals surface area (Å²) in [6, 6.07) is 7.07. The van der Waals surface area contributed by atoms with Gasteiger partial charge >= 0.3 is 11.9 Å². The molecule has 0 saturated carbocycles. The van der Waals surface area contributed by atoms with Gasteiger partial charge in [-0.15, -0.1) is 0 Å². The molecule has 20 heavy (non-hydrogen) atoms. The summed E-state index contributed by atoms with van der Waals surface area (Å²) < 4.78 is 22.1. The number of carbonyl (C=O) groups excluding carboxylic acids is 2. The standard InChI is InChI=1S/C14H14FNO4/c1-19-13(17)7-11(12(8-16)14(18)20-2)9-3-5-10(15)6-4-9/h3-6,11-12H,7H2,1-2H3/t11-,12-/m1/s1. The summed E-state index contributed by atoms with van der Waals surface area (Å²) in [5, 5.41) is 9.12. The third-order valence-corrected chi connectivity index (χ3v) is 2.91. The van der Waals surface area contributed by atoms with E-state index in [4.69, 9.17) is 5.26 Å². The van der Waals surface area contributed by atoms with Crippen molar-refractivity contribution in [2.75, 3.05) is 14.2 Å². The summed E-state index contributed by atoms with van der Waals surface area (Å²) in [5.74, 6) is -3.67. The van der Waals surface area contributed by atoms with Crippen molar-refractivity contribution in [2.45, 2.75) is 12.3 Å². The zero-order valence-electron chi connectivity index (χ0n) is 11.1. The number of hydrogen-bond acceptors (Lipinski definition) is 5. The lowest BCUT2D eigenvalue weighted by Gasteiger charge is -2.19. The van der Waals surface area contributed by atoms with Gasteiger partial charge in [-0.05, 0) is 17.7 Å². The molecule has 1 aromatic carbocycles. The molecular formula is C14H14FNO4. The molecule has 106 valence electrons. The number of hydrogen-bond donors (Lipinski definition) is 0. The van der Waals surface area contributed by atoms with Gasteiger partial charge in [0, 0.05) is 5.92 Å². The lowest BCUT2D eigenvalue weighted by Crippen LogP contribution is -2.25. The van der Waals surface area contributed by atoms with E-state index in [2.05, 4.69) is 9.47 Å². The number of benzene rings is 1. The first-order chi connectivity index (χ1) is 9.53. The van der Waals surface area contributed by atoms with Gasteiger partial charge < -0.3 is 9.47 Å². The number of rotatable bonds is 5. The molecule has 6 heteroatoms. The van der Waals surface area contributed by atoms with Crippen molar-refractivity contribution < 1.29 is 23.5 Å².